The normalized spacial score (nSPS) is 12.0. The predicted molar refractivity (Wildman–Crippen MR) is 76.1 cm³/mol. The van der Waals surface area contributed by atoms with Crippen molar-refractivity contribution in [2.75, 3.05) is 0 Å². The molecule has 0 aliphatic rings. The fraction of sp³-hybridized carbons (Fsp3) is 0.0769. The van der Waals surface area contributed by atoms with E-state index in [-0.39, 0.29) is 17.0 Å². The highest BCUT2D eigenvalue weighted by Crippen LogP contribution is 2.33. The highest BCUT2D eigenvalue weighted by Gasteiger charge is 2.31. The van der Waals surface area contributed by atoms with Gasteiger partial charge < -0.3 is 9.62 Å². The highest BCUT2D eigenvalue weighted by molar-refractivity contribution is 14.1. The van der Waals surface area contributed by atoms with Gasteiger partial charge in [-0.05, 0) is 40.8 Å². The van der Waals surface area contributed by atoms with Crippen LogP contribution >= 0.6 is 22.6 Å². The van der Waals surface area contributed by atoms with Gasteiger partial charge in [-0.1, -0.05) is 0 Å². The molecule has 0 aliphatic heterocycles. The Hall–Kier alpha value is -1.84. The first-order valence-corrected chi connectivity index (χ1v) is 6.79. The van der Waals surface area contributed by atoms with Gasteiger partial charge in [0, 0.05) is 6.07 Å². The topological polar surface area (TPSA) is 53.0 Å². The van der Waals surface area contributed by atoms with Crippen molar-refractivity contribution in [3.05, 3.63) is 51.0 Å². The zero-order chi connectivity index (χ0) is 15.2. The second-order valence-corrected chi connectivity index (χ2v) is 5.43. The molecule has 8 heteroatoms. The van der Waals surface area contributed by atoms with E-state index < -0.39 is 11.7 Å². The fourth-order valence-corrected chi connectivity index (χ4v) is 2.53. The molecule has 0 spiro atoms. The van der Waals surface area contributed by atoms with Crippen LogP contribution in [0.2, 0.25) is 0 Å². The van der Waals surface area contributed by atoms with Crippen LogP contribution < -0.4 is 4.73 Å². The molecule has 3 aromatic rings. The lowest BCUT2D eigenvalue weighted by Crippen LogP contribution is -2.24. The molecule has 2 aromatic heterocycles. The lowest BCUT2D eigenvalue weighted by atomic mass is 10.2. The fourth-order valence-electron chi connectivity index (χ4n) is 1.84. The monoisotopic (exact) mass is 406 g/mol. The summed E-state index contributed by atoms with van der Waals surface area (Å²) in [5, 5.41) is 11.1. The van der Waals surface area contributed by atoms with Crippen molar-refractivity contribution in [2.24, 2.45) is 0 Å². The van der Waals surface area contributed by atoms with Gasteiger partial charge in [0.1, 0.15) is 5.52 Å². The molecule has 0 fully saturated rings. The number of alkyl halides is 3. The molecular formula is C13H6F3IN2O2. The first-order chi connectivity index (χ1) is 9.84. The minimum atomic E-state index is -4.43. The lowest BCUT2D eigenvalue weighted by molar-refractivity contribution is -0.606. The summed E-state index contributed by atoms with van der Waals surface area (Å²) >= 11 is 1.93. The second-order valence-electron chi connectivity index (χ2n) is 4.27. The molecule has 21 heavy (non-hydrogen) atoms. The van der Waals surface area contributed by atoms with Gasteiger partial charge in [-0.25, -0.2) is 4.98 Å². The summed E-state index contributed by atoms with van der Waals surface area (Å²) in [6.07, 6.45) is -1.83. The van der Waals surface area contributed by atoms with Crippen molar-refractivity contribution >= 4 is 33.7 Å². The first-order valence-electron chi connectivity index (χ1n) is 5.71. The van der Waals surface area contributed by atoms with Gasteiger partial charge in [-0.15, -0.1) is 0 Å². The smallest absolute Gasteiger partial charge is 0.416 e. The number of benzene rings is 1. The van der Waals surface area contributed by atoms with E-state index in [2.05, 4.69) is 4.98 Å². The third kappa shape index (κ3) is 2.67. The van der Waals surface area contributed by atoms with Crippen LogP contribution in [0.4, 0.5) is 13.2 Å². The Morgan fingerprint density at radius 3 is 2.67 bits per heavy atom. The Bertz CT molecular complexity index is 830. The van der Waals surface area contributed by atoms with Crippen LogP contribution in [0.3, 0.4) is 0 Å². The average Bonchev–Trinajstić information content (AvgIpc) is 2.79. The van der Waals surface area contributed by atoms with Crippen LogP contribution in [0.15, 0.2) is 41.1 Å². The van der Waals surface area contributed by atoms with E-state index in [1.54, 1.807) is 0 Å². The lowest BCUT2D eigenvalue weighted by Gasteiger charge is -2.04. The molecule has 0 saturated carbocycles. The molecule has 0 amide bonds. The summed E-state index contributed by atoms with van der Waals surface area (Å²) in [6.45, 7) is 0. The Balaban J connectivity index is 2.13. The van der Waals surface area contributed by atoms with Crippen LogP contribution in [-0.2, 0) is 6.18 Å². The van der Waals surface area contributed by atoms with E-state index in [1.807, 2.05) is 22.6 Å². The van der Waals surface area contributed by atoms with Gasteiger partial charge in [-0.2, -0.15) is 17.9 Å². The number of hydrogen-bond acceptors (Lipinski definition) is 3. The SMILES string of the molecule is [O-][n+]1ccc(-c2nc3cc(C(F)(F)F)ccc3o2)c(I)c1. The quantitative estimate of drug-likeness (QED) is 0.352. The van der Waals surface area contributed by atoms with E-state index in [4.69, 9.17) is 4.42 Å². The molecule has 2 heterocycles. The van der Waals surface area contributed by atoms with Crippen molar-refractivity contribution in [3.63, 3.8) is 0 Å². The molecule has 1 aromatic carbocycles. The maximum Gasteiger partial charge on any atom is 0.416 e. The molecule has 0 atom stereocenters. The third-order valence-electron chi connectivity index (χ3n) is 2.83. The molecule has 0 saturated heterocycles. The predicted octanol–water partition coefficient (Wildman–Crippen LogP) is 3.75. The first kappa shape index (κ1) is 14.1. The van der Waals surface area contributed by atoms with Crippen LogP contribution in [-0.4, -0.2) is 4.98 Å². The molecule has 0 N–H and O–H groups in total. The van der Waals surface area contributed by atoms with Gasteiger partial charge >= 0.3 is 6.18 Å². The van der Waals surface area contributed by atoms with Gasteiger partial charge in [0.2, 0.25) is 5.89 Å². The minimum absolute atomic E-state index is 0.120. The van der Waals surface area contributed by atoms with E-state index in [0.717, 1.165) is 12.1 Å². The van der Waals surface area contributed by atoms with Crippen LogP contribution in [0.1, 0.15) is 5.56 Å². The molecule has 0 radical (unpaired) electrons. The summed E-state index contributed by atoms with van der Waals surface area (Å²) in [4.78, 5) is 4.06. The molecule has 0 bridgehead atoms. The Kier molecular flexibility index (Phi) is 3.27. The van der Waals surface area contributed by atoms with Crippen LogP contribution in [0, 0.1) is 8.78 Å². The molecule has 3 rings (SSSR count). The summed E-state index contributed by atoms with van der Waals surface area (Å²) < 4.78 is 44.6. The highest BCUT2D eigenvalue weighted by atomic mass is 127. The molecule has 0 unspecified atom stereocenters. The van der Waals surface area contributed by atoms with E-state index in [1.165, 1.54) is 24.5 Å². The largest absolute Gasteiger partial charge is 0.619 e. The average molecular weight is 406 g/mol. The van der Waals surface area contributed by atoms with Crippen molar-refractivity contribution < 1.29 is 22.3 Å². The van der Waals surface area contributed by atoms with Gasteiger partial charge in [-0.3, -0.25) is 0 Å². The Labute approximate surface area is 129 Å². The summed E-state index contributed by atoms with van der Waals surface area (Å²) in [6, 6.07) is 4.62. The maximum atomic E-state index is 12.7. The van der Waals surface area contributed by atoms with Crippen molar-refractivity contribution in [2.45, 2.75) is 6.18 Å². The van der Waals surface area contributed by atoms with Crippen LogP contribution in [0.25, 0.3) is 22.6 Å². The second kappa shape index (κ2) is 4.86. The molecule has 0 aliphatic carbocycles. The Morgan fingerprint density at radius 2 is 2.00 bits per heavy atom. The number of pyridine rings is 1. The van der Waals surface area contributed by atoms with E-state index in [9.17, 15) is 18.4 Å². The molecule has 4 nitrogen and oxygen atoms in total. The van der Waals surface area contributed by atoms with Crippen molar-refractivity contribution in [1.82, 2.24) is 4.98 Å². The third-order valence-corrected chi connectivity index (χ3v) is 3.69. The number of fused-ring (bicyclic) bond motifs is 1. The summed E-state index contributed by atoms with van der Waals surface area (Å²) in [5.41, 5.74) is 0.143. The molecule has 108 valence electrons. The maximum absolute atomic E-state index is 12.7. The Morgan fingerprint density at radius 1 is 1.24 bits per heavy atom. The standard InChI is InChI=1S/C13H6F3IN2O2/c14-13(15,16)7-1-2-11-10(5-7)18-12(21-11)8-3-4-19(20)6-9(8)17/h1-6H. The van der Waals surface area contributed by atoms with Crippen molar-refractivity contribution in [1.29, 1.82) is 0 Å². The zero-order valence-corrected chi connectivity index (χ0v) is 12.3. The van der Waals surface area contributed by atoms with Gasteiger partial charge in [0.15, 0.2) is 18.0 Å². The number of aromatic nitrogens is 2. The minimum Gasteiger partial charge on any atom is -0.619 e. The molecular weight excluding hydrogens is 400 g/mol. The number of hydrogen-bond donors (Lipinski definition) is 0. The van der Waals surface area contributed by atoms with Crippen molar-refractivity contribution in [3.8, 4) is 11.5 Å². The van der Waals surface area contributed by atoms with Gasteiger partial charge in [0.05, 0.1) is 14.7 Å². The number of oxazole rings is 1. The van der Waals surface area contributed by atoms with E-state index in [0.29, 0.717) is 13.9 Å². The summed E-state index contributed by atoms with van der Waals surface area (Å²) in [7, 11) is 0. The van der Waals surface area contributed by atoms with Crippen LogP contribution in [0.5, 0.6) is 0 Å². The van der Waals surface area contributed by atoms with E-state index >= 15 is 0 Å². The number of rotatable bonds is 1. The van der Waals surface area contributed by atoms with Gasteiger partial charge in [0.25, 0.3) is 0 Å². The number of halogens is 4. The zero-order valence-electron chi connectivity index (χ0n) is 10.2. The number of nitrogens with zero attached hydrogens (tertiary/aromatic N) is 2. The summed E-state index contributed by atoms with van der Waals surface area (Å²) in [5.74, 6) is 0.175.